The first-order valence-electron chi connectivity index (χ1n) is 9.22. The molecule has 6 heteroatoms. The maximum absolute atomic E-state index is 12.4. The normalized spacial score (nSPS) is 10.7. The van der Waals surface area contributed by atoms with Crippen molar-refractivity contribution < 1.29 is 9.59 Å². The first kappa shape index (κ1) is 18.6. The first-order valence-corrected chi connectivity index (χ1v) is 9.22. The van der Waals surface area contributed by atoms with Crippen molar-refractivity contribution in [3.8, 4) is 0 Å². The molecule has 0 spiro atoms. The molecule has 0 aliphatic carbocycles. The summed E-state index contributed by atoms with van der Waals surface area (Å²) in [5, 5.41) is 5.82. The van der Waals surface area contributed by atoms with Crippen LogP contribution in [0.2, 0.25) is 0 Å². The van der Waals surface area contributed by atoms with Crippen LogP contribution in [0.1, 0.15) is 41.9 Å². The summed E-state index contributed by atoms with van der Waals surface area (Å²) in [7, 11) is 0. The Morgan fingerprint density at radius 1 is 1.00 bits per heavy atom. The van der Waals surface area contributed by atoms with Crippen LogP contribution in [0.25, 0.3) is 5.65 Å². The molecule has 0 radical (unpaired) electrons. The Balaban J connectivity index is 1.37. The van der Waals surface area contributed by atoms with Gasteiger partial charge in [-0.1, -0.05) is 30.7 Å². The van der Waals surface area contributed by atoms with Crippen LogP contribution >= 0.6 is 0 Å². The van der Waals surface area contributed by atoms with Gasteiger partial charge in [-0.15, -0.1) is 0 Å². The van der Waals surface area contributed by atoms with Crippen LogP contribution in [0, 0.1) is 6.92 Å². The Morgan fingerprint density at radius 2 is 1.78 bits per heavy atom. The van der Waals surface area contributed by atoms with Gasteiger partial charge < -0.3 is 10.6 Å². The van der Waals surface area contributed by atoms with E-state index in [2.05, 4.69) is 15.6 Å². The number of pyridine rings is 1. The molecule has 0 aliphatic rings. The number of amides is 2. The van der Waals surface area contributed by atoms with E-state index in [0.717, 1.165) is 36.3 Å². The third-order valence-electron chi connectivity index (χ3n) is 4.34. The average molecular weight is 364 g/mol. The summed E-state index contributed by atoms with van der Waals surface area (Å²) in [5.41, 5.74) is 2.88. The lowest BCUT2D eigenvalue weighted by molar-refractivity contribution is -0.116. The number of anilines is 1. The fourth-order valence-corrected chi connectivity index (χ4v) is 3.01. The number of nitrogens with one attached hydrogen (secondary N) is 2. The minimum atomic E-state index is -0.118. The quantitative estimate of drug-likeness (QED) is 0.600. The predicted octanol–water partition coefficient (Wildman–Crippen LogP) is 3.57. The molecule has 27 heavy (non-hydrogen) atoms. The molecule has 1 aromatic carbocycles. The number of aromatic nitrogens is 2. The van der Waals surface area contributed by atoms with Crippen LogP contribution < -0.4 is 10.6 Å². The van der Waals surface area contributed by atoms with Crippen LogP contribution in [0.4, 0.5) is 5.69 Å². The minimum Gasteiger partial charge on any atom is -0.351 e. The molecule has 0 unspecified atom stereocenters. The van der Waals surface area contributed by atoms with Crippen molar-refractivity contribution in [2.45, 2.75) is 32.6 Å². The monoisotopic (exact) mass is 364 g/mol. The van der Waals surface area contributed by atoms with Gasteiger partial charge >= 0.3 is 0 Å². The SMILES string of the molecule is Cc1nc2ccccn2c1C(=O)NCCCCCC(=O)Nc1ccccc1. The number of aryl methyl sites for hydroxylation is 1. The highest BCUT2D eigenvalue weighted by molar-refractivity contribution is 5.94. The number of unbranched alkanes of at least 4 members (excludes halogenated alkanes) is 2. The van der Waals surface area contributed by atoms with Gasteiger partial charge in [0.05, 0.1) is 5.69 Å². The van der Waals surface area contributed by atoms with Gasteiger partial charge in [0.25, 0.3) is 5.91 Å². The van der Waals surface area contributed by atoms with Crippen LogP contribution in [0.15, 0.2) is 54.7 Å². The van der Waals surface area contributed by atoms with Gasteiger partial charge in [-0.05, 0) is 44.0 Å². The molecular weight excluding hydrogens is 340 g/mol. The summed E-state index contributed by atoms with van der Waals surface area (Å²) in [6.07, 6.45) is 4.84. The number of carbonyl (C=O) groups excluding carboxylic acids is 2. The Kier molecular flexibility index (Phi) is 6.20. The second-order valence-corrected chi connectivity index (χ2v) is 6.46. The average Bonchev–Trinajstić information content (AvgIpc) is 3.01. The van der Waals surface area contributed by atoms with Gasteiger partial charge in [0.15, 0.2) is 0 Å². The van der Waals surface area contributed by atoms with E-state index in [9.17, 15) is 9.59 Å². The summed E-state index contributed by atoms with van der Waals surface area (Å²) in [4.78, 5) is 28.7. The standard InChI is InChI=1S/C21H24N4O2/c1-16-20(25-15-9-7-12-18(25)23-16)21(27)22-14-8-3-6-13-19(26)24-17-10-4-2-5-11-17/h2,4-5,7,9-12,15H,3,6,8,13-14H2,1H3,(H,22,27)(H,24,26). The number of rotatable bonds is 8. The molecule has 0 saturated heterocycles. The number of hydrogen-bond donors (Lipinski definition) is 2. The molecule has 140 valence electrons. The van der Waals surface area contributed by atoms with Gasteiger partial charge in [0, 0.05) is 24.8 Å². The summed E-state index contributed by atoms with van der Waals surface area (Å²) in [6, 6.07) is 15.1. The Morgan fingerprint density at radius 3 is 2.59 bits per heavy atom. The van der Waals surface area contributed by atoms with Gasteiger partial charge in [-0.2, -0.15) is 0 Å². The highest BCUT2D eigenvalue weighted by Gasteiger charge is 2.15. The topological polar surface area (TPSA) is 75.5 Å². The molecule has 2 amide bonds. The lowest BCUT2D eigenvalue weighted by atomic mass is 10.2. The third-order valence-corrected chi connectivity index (χ3v) is 4.34. The maximum atomic E-state index is 12.4. The van der Waals surface area contributed by atoms with E-state index in [1.807, 2.05) is 61.7 Å². The number of hydrogen-bond acceptors (Lipinski definition) is 3. The number of benzene rings is 1. The van der Waals surface area contributed by atoms with E-state index in [0.29, 0.717) is 18.7 Å². The molecule has 0 fully saturated rings. The van der Waals surface area contributed by atoms with E-state index in [4.69, 9.17) is 0 Å². The van der Waals surface area contributed by atoms with Crippen molar-refractivity contribution in [1.82, 2.24) is 14.7 Å². The Labute approximate surface area is 158 Å². The summed E-state index contributed by atoms with van der Waals surface area (Å²) in [5.74, 6) is -0.0976. The highest BCUT2D eigenvalue weighted by Crippen LogP contribution is 2.12. The second kappa shape index (κ2) is 8.98. The Bertz CT molecular complexity index is 918. The lowest BCUT2D eigenvalue weighted by Crippen LogP contribution is -2.26. The number of fused-ring (bicyclic) bond motifs is 1. The molecule has 0 atom stereocenters. The summed E-state index contributed by atoms with van der Waals surface area (Å²) in [6.45, 7) is 2.42. The number of carbonyl (C=O) groups is 2. The molecule has 0 aliphatic heterocycles. The minimum absolute atomic E-state index is 0.0200. The summed E-state index contributed by atoms with van der Waals surface area (Å²) < 4.78 is 1.80. The zero-order valence-electron chi connectivity index (χ0n) is 15.4. The molecule has 0 saturated carbocycles. The van der Waals surface area contributed by atoms with E-state index in [1.54, 1.807) is 4.40 Å². The zero-order valence-corrected chi connectivity index (χ0v) is 15.4. The predicted molar refractivity (Wildman–Crippen MR) is 106 cm³/mol. The molecule has 6 nitrogen and oxygen atoms in total. The summed E-state index contributed by atoms with van der Waals surface area (Å²) >= 11 is 0. The Hall–Kier alpha value is -3.15. The van der Waals surface area contributed by atoms with Gasteiger partial charge in [0.2, 0.25) is 5.91 Å². The fraction of sp³-hybridized carbons (Fsp3) is 0.286. The highest BCUT2D eigenvalue weighted by atomic mass is 16.2. The second-order valence-electron chi connectivity index (χ2n) is 6.46. The smallest absolute Gasteiger partial charge is 0.270 e. The largest absolute Gasteiger partial charge is 0.351 e. The van der Waals surface area contributed by atoms with Crippen LogP contribution in [0.3, 0.4) is 0 Å². The number of nitrogens with zero attached hydrogens (tertiary/aromatic N) is 2. The van der Waals surface area contributed by atoms with Gasteiger partial charge in [-0.25, -0.2) is 4.98 Å². The molecule has 2 N–H and O–H groups in total. The van der Waals surface area contributed by atoms with Crippen LogP contribution in [-0.2, 0) is 4.79 Å². The van der Waals surface area contributed by atoms with Gasteiger partial charge in [0.1, 0.15) is 11.3 Å². The van der Waals surface area contributed by atoms with E-state index in [1.165, 1.54) is 0 Å². The van der Waals surface area contributed by atoms with E-state index < -0.39 is 0 Å². The van der Waals surface area contributed by atoms with Crippen molar-refractivity contribution >= 4 is 23.1 Å². The zero-order chi connectivity index (χ0) is 19.1. The van der Waals surface area contributed by atoms with Crippen molar-refractivity contribution in [1.29, 1.82) is 0 Å². The molecule has 3 aromatic rings. The van der Waals surface area contributed by atoms with Gasteiger partial charge in [-0.3, -0.25) is 14.0 Å². The van der Waals surface area contributed by atoms with Crippen molar-refractivity contribution in [2.75, 3.05) is 11.9 Å². The molecule has 2 heterocycles. The van der Waals surface area contributed by atoms with Crippen LogP contribution in [-0.4, -0.2) is 27.7 Å². The molecular formula is C21H24N4O2. The van der Waals surface area contributed by atoms with Crippen molar-refractivity contribution in [2.24, 2.45) is 0 Å². The van der Waals surface area contributed by atoms with E-state index >= 15 is 0 Å². The molecule has 2 aromatic heterocycles. The van der Waals surface area contributed by atoms with Crippen molar-refractivity contribution in [3.63, 3.8) is 0 Å². The van der Waals surface area contributed by atoms with Crippen LogP contribution in [0.5, 0.6) is 0 Å². The molecule has 3 rings (SSSR count). The number of para-hydroxylation sites is 1. The first-order chi connectivity index (χ1) is 13.1. The third kappa shape index (κ3) is 4.94. The fourth-order valence-electron chi connectivity index (χ4n) is 3.01. The number of imidazole rings is 1. The van der Waals surface area contributed by atoms with E-state index in [-0.39, 0.29) is 11.8 Å². The lowest BCUT2D eigenvalue weighted by Gasteiger charge is -2.07. The maximum Gasteiger partial charge on any atom is 0.270 e. The molecule has 0 bridgehead atoms. The van der Waals surface area contributed by atoms with Crippen molar-refractivity contribution in [3.05, 3.63) is 66.1 Å².